The van der Waals surface area contributed by atoms with E-state index in [-0.39, 0.29) is 5.41 Å². The molecule has 0 heterocycles. The number of nitrogens with two attached hydrogens (primary N) is 1. The molecule has 1 aromatic carbocycles. The zero-order chi connectivity index (χ0) is 12.0. The van der Waals surface area contributed by atoms with E-state index in [9.17, 15) is 0 Å². The van der Waals surface area contributed by atoms with Gasteiger partial charge >= 0.3 is 0 Å². The Bertz CT molecular complexity index is 323. The molecular weight excluding hydrogens is 264 g/mol. The Morgan fingerprint density at radius 2 is 2.12 bits per heavy atom. The highest BCUT2D eigenvalue weighted by Gasteiger charge is 2.19. The second-order valence-corrected chi connectivity index (χ2v) is 5.63. The first-order valence-corrected chi connectivity index (χ1v) is 6.52. The SMILES string of the molecule is CC(C)(CNCCCN)c1cccc(Br)c1. The van der Waals surface area contributed by atoms with Crippen molar-refractivity contribution in [2.24, 2.45) is 5.73 Å². The van der Waals surface area contributed by atoms with Crippen molar-refractivity contribution in [2.45, 2.75) is 25.7 Å². The van der Waals surface area contributed by atoms with Gasteiger partial charge in [0.05, 0.1) is 0 Å². The molecule has 3 N–H and O–H groups in total. The second-order valence-electron chi connectivity index (χ2n) is 4.71. The Morgan fingerprint density at radius 3 is 2.75 bits per heavy atom. The lowest BCUT2D eigenvalue weighted by Crippen LogP contribution is -2.34. The van der Waals surface area contributed by atoms with Crippen LogP contribution >= 0.6 is 15.9 Å². The molecule has 1 aromatic rings. The highest BCUT2D eigenvalue weighted by molar-refractivity contribution is 9.10. The largest absolute Gasteiger partial charge is 0.330 e. The molecule has 0 radical (unpaired) electrons. The van der Waals surface area contributed by atoms with Gasteiger partial charge in [-0.05, 0) is 37.2 Å². The Labute approximate surface area is 107 Å². The molecule has 2 nitrogen and oxygen atoms in total. The fourth-order valence-corrected chi connectivity index (χ4v) is 2.04. The summed E-state index contributed by atoms with van der Waals surface area (Å²) in [7, 11) is 0. The van der Waals surface area contributed by atoms with Gasteiger partial charge in [0.2, 0.25) is 0 Å². The molecule has 0 unspecified atom stereocenters. The minimum atomic E-state index is 0.151. The van der Waals surface area contributed by atoms with Crippen LogP contribution in [0.25, 0.3) is 0 Å². The van der Waals surface area contributed by atoms with Crippen LogP contribution < -0.4 is 11.1 Å². The van der Waals surface area contributed by atoms with Crippen LogP contribution in [0.5, 0.6) is 0 Å². The van der Waals surface area contributed by atoms with Crippen molar-refractivity contribution in [3.05, 3.63) is 34.3 Å². The maximum Gasteiger partial charge on any atom is 0.0178 e. The van der Waals surface area contributed by atoms with Gasteiger partial charge in [-0.15, -0.1) is 0 Å². The van der Waals surface area contributed by atoms with E-state index in [2.05, 4.69) is 59.4 Å². The predicted octanol–water partition coefficient (Wildman–Crippen LogP) is 2.67. The first kappa shape index (κ1) is 13.7. The number of hydrogen-bond acceptors (Lipinski definition) is 2. The van der Waals surface area contributed by atoms with Gasteiger partial charge in [-0.3, -0.25) is 0 Å². The summed E-state index contributed by atoms with van der Waals surface area (Å²) in [4.78, 5) is 0. The maximum absolute atomic E-state index is 5.46. The molecule has 3 heteroatoms. The lowest BCUT2D eigenvalue weighted by atomic mass is 9.84. The van der Waals surface area contributed by atoms with Crippen LogP contribution in [0.3, 0.4) is 0 Å². The summed E-state index contributed by atoms with van der Waals surface area (Å²) in [6, 6.07) is 8.50. The van der Waals surface area contributed by atoms with E-state index in [1.807, 2.05) is 0 Å². The van der Waals surface area contributed by atoms with Crippen molar-refractivity contribution in [1.82, 2.24) is 5.32 Å². The van der Waals surface area contributed by atoms with Crippen LogP contribution in [-0.4, -0.2) is 19.6 Å². The normalized spacial score (nSPS) is 11.8. The first-order valence-electron chi connectivity index (χ1n) is 5.73. The second kappa shape index (κ2) is 6.38. The summed E-state index contributed by atoms with van der Waals surface area (Å²) in [5, 5.41) is 3.45. The molecule has 0 spiro atoms. The van der Waals surface area contributed by atoms with E-state index >= 15 is 0 Å². The highest BCUT2D eigenvalue weighted by Crippen LogP contribution is 2.24. The van der Waals surface area contributed by atoms with Gasteiger partial charge in [-0.2, -0.15) is 0 Å². The number of nitrogens with one attached hydrogen (secondary N) is 1. The number of benzene rings is 1. The minimum Gasteiger partial charge on any atom is -0.330 e. The van der Waals surface area contributed by atoms with E-state index in [0.717, 1.165) is 30.5 Å². The molecule has 0 aliphatic heterocycles. The average Bonchev–Trinajstić information content (AvgIpc) is 2.24. The van der Waals surface area contributed by atoms with Gasteiger partial charge in [0, 0.05) is 16.4 Å². The molecule has 0 saturated carbocycles. The molecular formula is C13H21BrN2. The summed E-state index contributed by atoms with van der Waals surface area (Å²) in [6.45, 7) is 7.23. The summed E-state index contributed by atoms with van der Waals surface area (Å²) < 4.78 is 1.14. The standard InChI is InChI=1S/C13H21BrN2/c1-13(2,10-16-8-4-7-15)11-5-3-6-12(14)9-11/h3,5-6,9,16H,4,7-8,10,15H2,1-2H3. The van der Waals surface area contributed by atoms with Crippen molar-refractivity contribution >= 4 is 15.9 Å². The van der Waals surface area contributed by atoms with E-state index in [1.54, 1.807) is 0 Å². The van der Waals surface area contributed by atoms with Gasteiger partial charge in [0.15, 0.2) is 0 Å². The molecule has 1 rings (SSSR count). The number of rotatable bonds is 6. The smallest absolute Gasteiger partial charge is 0.0178 e. The quantitative estimate of drug-likeness (QED) is 0.789. The van der Waals surface area contributed by atoms with Crippen LogP contribution in [-0.2, 0) is 5.41 Å². The molecule has 0 atom stereocenters. The van der Waals surface area contributed by atoms with Gasteiger partial charge in [0.1, 0.15) is 0 Å². The predicted molar refractivity (Wildman–Crippen MR) is 73.7 cm³/mol. The van der Waals surface area contributed by atoms with Gasteiger partial charge in [-0.25, -0.2) is 0 Å². The van der Waals surface area contributed by atoms with Crippen LogP contribution in [0.2, 0.25) is 0 Å². The Morgan fingerprint density at radius 1 is 1.38 bits per heavy atom. The maximum atomic E-state index is 5.46. The van der Waals surface area contributed by atoms with Crippen molar-refractivity contribution in [3.63, 3.8) is 0 Å². The molecule has 0 aliphatic rings. The van der Waals surface area contributed by atoms with E-state index in [4.69, 9.17) is 5.73 Å². The topological polar surface area (TPSA) is 38.0 Å². The average molecular weight is 285 g/mol. The number of halogens is 1. The summed E-state index contributed by atoms with van der Waals surface area (Å²) in [6.07, 6.45) is 1.04. The molecule has 0 aliphatic carbocycles. The highest BCUT2D eigenvalue weighted by atomic mass is 79.9. The fraction of sp³-hybridized carbons (Fsp3) is 0.538. The van der Waals surface area contributed by atoms with Crippen molar-refractivity contribution in [2.75, 3.05) is 19.6 Å². The Balaban J connectivity index is 2.55. The zero-order valence-corrected chi connectivity index (χ0v) is 11.7. The molecule has 0 saturated heterocycles. The minimum absolute atomic E-state index is 0.151. The van der Waals surface area contributed by atoms with Gasteiger partial charge in [0.25, 0.3) is 0 Å². The molecule has 0 amide bonds. The molecule has 0 aromatic heterocycles. The Hall–Kier alpha value is -0.380. The van der Waals surface area contributed by atoms with Gasteiger partial charge < -0.3 is 11.1 Å². The molecule has 90 valence electrons. The zero-order valence-electron chi connectivity index (χ0n) is 10.1. The number of hydrogen-bond donors (Lipinski definition) is 2. The van der Waals surface area contributed by atoms with Crippen LogP contribution in [0, 0.1) is 0 Å². The summed E-state index contributed by atoms with van der Waals surface area (Å²) in [5.74, 6) is 0. The van der Waals surface area contributed by atoms with Crippen molar-refractivity contribution in [1.29, 1.82) is 0 Å². The van der Waals surface area contributed by atoms with Crippen LogP contribution in [0.4, 0.5) is 0 Å². The summed E-state index contributed by atoms with van der Waals surface area (Å²) in [5.41, 5.74) is 6.96. The monoisotopic (exact) mass is 284 g/mol. The fourth-order valence-electron chi connectivity index (χ4n) is 1.64. The third-order valence-corrected chi connectivity index (χ3v) is 3.22. The molecule has 0 fully saturated rings. The van der Waals surface area contributed by atoms with Crippen LogP contribution in [0.1, 0.15) is 25.8 Å². The molecule has 0 bridgehead atoms. The van der Waals surface area contributed by atoms with E-state index in [0.29, 0.717) is 0 Å². The van der Waals surface area contributed by atoms with Gasteiger partial charge in [-0.1, -0.05) is 41.9 Å². The van der Waals surface area contributed by atoms with E-state index in [1.165, 1.54) is 5.56 Å². The first-order chi connectivity index (χ1) is 7.56. The van der Waals surface area contributed by atoms with Crippen molar-refractivity contribution in [3.8, 4) is 0 Å². The third kappa shape index (κ3) is 4.24. The molecule has 16 heavy (non-hydrogen) atoms. The van der Waals surface area contributed by atoms with Crippen LogP contribution in [0.15, 0.2) is 28.7 Å². The third-order valence-electron chi connectivity index (χ3n) is 2.73. The summed E-state index contributed by atoms with van der Waals surface area (Å²) >= 11 is 3.51. The Kier molecular flexibility index (Phi) is 5.46. The lowest BCUT2D eigenvalue weighted by molar-refractivity contribution is 0.467. The lowest BCUT2D eigenvalue weighted by Gasteiger charge is -2.26. The van der Waals surface area contributed by atoms with Crippen molar-refractivity contribution < 1.29 is 0 Å². The van der Waals surface area contributed by atoms with E-state index < -0.39 is 0 Å².